The minimum absolute atomic E-state index is 0.406. The van der Waals surface area contributed by atoms with E-state index in [4.69, 9.17) is 4.74 Å². The molecule has 0 aliphatic carbocycles. The van der Waals surface area contributed by atoms with Gasteiger partial charge in [0, 0.05) is 24.6 Å². The van der Waals surface area contributed by atoms with Gasteiger partial charge in [-0.1, -0.05) is 32.3 Å². The van der Waals surface area contributed by atoms with Crippen molar-refractivity contribution in [3.05, 3.63) is 22.4 Å². The lowest BCUT2D eigenvalue weighted by atomic mass is 10.2. The van der Waals surface area contributed by atoms with E-state index in [1.54, 1.807) is 11.3 Å². The Bertz CT molecular complexity index is 277. The highest BCUT2D eigenvalue weighted by Crippen LogP contribution is 2.07. The Labute approximate surface area is 114 Å². The van der Waals surface area contributed by atoms with Crippen LogP contribution in [0.4, 0.5) is 0 Å². The second-order valence-corrected chi connectivity index (χ2v) is 5.53. The molecule has 1 rings (SSSR count). The van der Waals surface area contributed by atoms with E-state index in [1.165, 1.54) is 24.1 Å². The SMILES string of the molecule is CCCCCCOCC(O)CNCc1cccs1. The Kier molecular flexibility index (Phi) is 9.12. The Balaban J connectivity index is 1.89. The third kappa shape index (κ3) is 7.82. The molecule has 0 saturated carbocycles. The lowest BCUT2D eigenvalue weighted by molar-refractivity contribution is 0.0353. The van der Waals surface area contributed by atoms with Crippen LogP contribution in [0.1, 0.15) is 37.5 Å². The van der Waals surface area contributed by atoms with Crippen LogP contribution >= 0.6 is 11.3 Å². The van der Waals surface area contributed by atoms with Crippen LogP contribution in [-0.4, -0.2) is 31.0 Å². The molecule has 4 heteroatoms. The van der Waals surface area contributed by atoms with Crippen molar-refractivity contribution in [2.45, 2.75) is 45.3 Å². The minimum Gasteiger partial charge on any atom is -0.389 e. The Hall–Kier alpha value is -0.420. The molecule has 1 unspecified atom stereocenters. The molecule has 3 nitrogen and oxygen atoms in total. The van der Waals surface area contributed by atoms with E-state index in [2.05, 4.69) is 23.7 Å². The third-order valence-electron chi connectivity index (χ3n) is 2.71. The molecule has 0 aliphatic heterocycles. The molecular weight excluding hydrogens is 246 g/mol. The van der Waals surface area contributed by atoms with E-state index >= 15 is 0 Å². The summed E-state index contributed by atoms with van der Waals surface area (Å²) in [6.07, 6.45) is 4.44. The lowest BCUT2D eigenvalue weighted by Crippen LogP contribution is -2.30. The number of thiophene rings is 1. The molecule has 0 radical (unpaired) electrons. The first-order chi connectivity index (χ1) is 8.83. The Morgan fingerprint density at radius 1 is 1.39 bits per heavy atom. The van der Waals surface area contributed by atoms with E-state index in [9.17, 15) is 5.11 Å². The second kappa shape index (κ2) is 10.5. The summed E-state index contributed by atoms with van der Waals surface area (Å²) in [5.74, 6) is 0. The zero-order chi connectivity index (χ0) is 13.1. The van der Waals surface area contributed by atoms with Crippen molar-refractivity contribution in [2.24, 2.45) is 0 Å². The van der Waals surface area contributed by atoms with E-state index < -0.39 is 6.10 Å². The van der Waals surface area contributed by atoms with E-state index in [0.29, 0.717) is 13.2 Å². The topological polar surface area (TPSA) is 41.5 Å². The fourth-order valence-electron chi connectivity index (χ4n) is 1.68. The number of hydrogen-bond acceptors (Lipinski definition) is 4. The van der Waals surface area contributed by atoms with Gasteiger partial charge in [-0.25, -0.2) is 0 Å². The first kappa shape index (κ1) is 15.6. The van der Waals surface area contributed by atoms with Crippen LogP contribution in [-0.2, 0) is 11.3 Å². The first-order valence-electron chi connectivity index (χ1n) is 6.81. The van der Waals surface area contributed by atoms with Crippen LogP contribution in [0.5, 0.6) is 0 Å². The largest absolute Gasteiger partial charge is 0.389 e. The van der Waals surface area contributed by atoms with Crippen molar-refractivity contribution in [1.82, 2.24) is 5.32 Å². The first-order valence-corrected chi connectivity index (χ1v) is 7.69. The molecule has 1 aromatic heterocycles. The number of rotatable bonds is 11. The maximum absolute atomic E-state index is 9.70. The molecule has 0 bridgehead atoms. The Morgan fingerprint density at radius 2 is 2.28 bits per heavy atom. The molecule has 1 atom stereocenters. The number of unbranched alkanes of at least 4 members (excludes halogenated alkanes) is 3. The number of nitrogens with one attached hydrogen (secondary N) is 1. The Morgan fingerprint density at radius 3 is 3.00 bits per heavy atom. The summed E-state index contributed by atoms with van der Waals surface area (Å²) in [5, 5.41) is 15.0. The molecule has 1 aromatic rings. The predicted octanol–water partition coefficient (Wildman–Crippen LogP) is 2.80. The van der Waals surface area contributed by atoms with Gasteiger partial charge in [-0.15, -0.1) is 11.3 Å². The van der Waals surface area contributed by atoms with Crippen LogP contribution in [0, 0.1) is 0 Å². The summed E-state index contributed by atoms with van der Waals surface area (Å²) in [7, 11) is 0. The zero-order valence-corrected chi connectivity index (χ0v) is 12.0. The number of aliphatic hydroxyl groups excluding tert-OH is 1. The van der Waals surface area contributed by atoms with Crippen LogP contribution in [0.2, 0.25) is 0 Å². The quantitative estimate of drug-likeness (QED) is 0.608. The predicted molar refractivity (Wildman–Crippen MR) is 77.0 cm³/mol. The molecule has 0 saturated heterocycles. The van der Waals surface area contributed by atoms with Crippen molar-refractivity contribution in [2.75, 3.05) is 19.8 Å². The molecule has 0 aromatic carbocycles. The van der Waals surface area contributed by atoms with E-state index in [0.717, 1.165) is 19.6 Å². The van der Waals surface area contributed by atoms with Gasteiger partial charge >= 0.3 is 0 Å². The van der Waals surface area contributed by atoms with Gasteiger partial charge in [0.15, 0.2) is 0 Å². The number of ether oxygens (including phenoxy) is 1. The molecule has 0 aliphatic rings. The van der Waals surface area contributed by atoms with Gasteiger partial charge in [0.1, 0.15) is 0 Å². The highest BCUT2D eigenvalue weighted by Gasteiger charge is 2.03. The average Bonchev–Trinajstić information content (AvgIpc) is 2.87. The highest BCUT2D eigenvalue weighted by atomic mass is 32.1. The van der Waals surface area contributed by atoms with Crippen molar-refractivity contribution in [3.63, 3.8) is 0 Å². The number of hydrogen-bond donors (Lipinski definition) is 2. The summed E-state index contributed by atoms with van der Waals surface area (Å²) >= 11 is 1.73. The van der Waals surface area contributed by atoms with Gasteiger partial charge in [0.05, 0.1) is 12.7 Å². The summed E-state index contributed by atoms with van der Waals surface area (Å²) in [5.41, 5.74) is 0. The summed E-state index contributed by atoms with van der Waals surface area (Å²) < 4.78 is 5.44. The fraction of sp³-hybridized carbons (Fsp3) is 0.714. The standard InChI is InChI=1S/C14H25NO2S/c1-2-3-4-5-8-17-12-13(16)10-15-11-14-7-6-9-18-14/h6-7,9,13,15-16H,2-5,8,10-12H2,1H3. The molecule has 104 valence electrons. The van der Waals surface area contributed by atoms with Crippen LogP contribution < -0.4 is 5.32 Å². The summed E-state index contributed by atoms with van der Waals surface area (Å²) in [6, 6.07) is 4.13. The van der Waals surface area contributed by atoms with E-state index in [-0.39, 0.29) is 0 Å². The molecule has 18 heavy (non-hydrogen) atoms. The zero-order valence-electron chi connectivity index (χ0n) is 11.2. The van der Waals surface area contributed by atoms with Crippen LogP contribution in [0.3, 0.4) is 0 Å². The molecular formula is C14H25NO2S. The van der Waals surface area contributed by atoms with Crippen molar-refractivity contribution >= 4 is 11.3 Å². The summed E-state index contributed by atoms with van der Waals surface area (Å²) in [4.78, 5) is 1.29. The van der Waals surface area contributed by atoms with Gasteiger partial charge < -0.3 is 15.2 Å². The molecule has 2 N–H and O–H groups in total. The second-order valence-electron chi connectivity index (χ2n) is 4.50. The molecule has 0 spiro atoms. The van der Waals surface area contributed by atoms with E-state index in [1.807, 2.05) is 6.07 Å². The fourth-order valence-corrected chi connectivity index (χ4v) is 2.36. The maximum Gasteiger partial charge on any atom is 0.0897 e. The smallest absolute Gasteiger partial charge is 0.0897 e. The van der Waals surface area contributed by atoms with Crippen molar-refractivity contribution in [3.8, 4) is 0 Å². The van der Waals surface area contributed by atoms with Gasteiger partial charge in [-0.3, -0.25) is 0 Å². The highest BCUT2D eigenvalue weighted by molar-refractivity contribution is 7.09. The van der Waals surface area contributed by atoms with Crippen molar-refractivity contribution < 1.29 is 9.84 Å². The minimum atomic E-state index is -0.406. The van der Waals surface area contributed by atoms with Crippen LogP contribution in [0.25, 0.3) is 0 Å². The molecule has 0 fully saturated rings. The number of aliphatic hydroxyl groups is 1. The van der Waals surface area contributed by atoms with Gasteiger partial charge in [0.2, 0.25) is 0 Å². The van der Waals surface area contributed by atoms with Crippen LogP contribution in [0.15, 0.2) is 17.5 Å². The average molecular weight is 271 g/mol. The molecule has 0 amide bonds. The van der Waals surface area contributed by atoms with Gasteiger partial charge in [0.25, 0.3) is 0 Å². The van der Waals surface area contributed by atoms with Gasteiger partial charge in [-0.2, -0.15) is 0 Å². The third-order valence-corrected chi connectivity index (χ3v) is 3.59. The van der Waals surface area contributed by atoms with Gasteiger partial charge in [-0.05, 0) is 17.9 Å². The maximum atomic E-state index is 9.70. The monoisotopic (exact) mass is 271 g/mol. The van der Waals surface area contributed by atoms with Crippen molar-refractivity contribution in [1.29, 1.82) is 0 Å². The summed E-state index contributed by atoms with van der Waals surface area (Å²) in [6.45, 7) is 4.81. The normalized spacial score (nSPS) is 12.8. The molecule has 1 heterocycles. The lowest BCUT2D eigenvalue weighted by Gasteiger charge is -2.11.